The molecular weight excluding hydrogens is 356 g/mol. The van der Waals surface area contributed by atoms with Crippen LogP contribution in [0, 0.1) is 13.8 Å². The Balaban J connectivity index is 1.46. The number of rotatable bonds is 6. The van der Waals surface area contributed by atoms with E-state index in [2.05, 4.69) is 5.16 Å². The minimum Gasteiger partial charge on any atom is -0.489 e. The Morgan fingerprint density at radius 3 is 2.57 bits per heavy atom. The molecule has 0 bridgehead atoms. The highest BCUT2D eigenvalue weighted by atomic mass is 16.7. The number of aryl methyl sites for hydroxylation is 2. The zero-order valence-corrected chi connectivity index (χ0v) is 16.9. The summed E-state index contributed by atoms with van der Waals surface area (Å²) in [6.45, 7) is 5.09. The minimum atomic E-state index is -0.142. The van der Waals surface area contributed by atoms with Crippen molar-refractivity contribution in [1.82, 2.24) is 10.1 Å². The van der Waals surface area contributed by atoms with E-state index in [9.17, 15) is 0 Å². The van der Waals surface area contributed by atoms with Crippen molar-refractivity contribution in [3.05, 3.63) is 29.1 Å². The van der Waals surface area contributed by atoms with E-state index < -0.39 is 0 Å². The summed E-state index contributed by atoms with van der Waals surface area (Å²) in [5.74, 6) is 1.53. The van der Waals surface area contributed by atoms with E-state index in [1.807, 2.05) is 26.0 Å². The van der Waals surface area contributed by atoms with Crippen molar-refractivity contribution >= 4 is 0 Å². The van der Waals surface area contributed by atoms with Crippen molar-refractivity contribution in [1.29, 1.82) is 0 Å². The molecule has 6 nitrogen and oxygen atoms in total. The van der Waals surface area contributed by atoms with Gasteiger partial charge in [0.2, 0.25) is 0 Å². The third-order valence-corrected chi connectivity index (χ3v) is 5.65. The highest BCUT2D eigenvalue weighted by Gasteiger charge is 2.21. The molecule has 0 N–H and O–H groups in total. The summed E-state index contributed by atoms with van der Waals surface area (Å²) in [7, 11) is 0. The Labute approximate surface area is 166 Å². The van der Waals surface area contributed by atoms with Crippen LogP contribution in [0.5, 0.6) is 5.75 Å². The van der Waals surface area contributed by atoms with E-state index >= 15 is 0 Å². The predicted octanol–water partition coefficient (Wildman–Crippen LogP) is 5.11. The largest absolute Gasteiger partial charge is 0.489 e. The van der Waals surface area contributed by atoms with Gasteiger partial charge in [0.05, 0.1) is 29.7 Å². The van der Waals surface area contributed by atoms with Gasteiger partial charge in [0, 0.05) is 6.61 Å². The molecule has 3 heterocycles. The van der Waals surface area contributed by atoms with Gasteiger partial charge in [0.1, 0.15) is 11.4 Å². The van der Waals surface area contributed by atoms with Crippen LogP contribution in [0.3, 0.4) is 0 Å². The van der Waals surface area contributed by atoms with Crippen molar-refractivity contribution in [2.24, 2.45) is 0 Å². The Morgan fingerprint density at radius 1 is 1.00 bits per heavy atom. The minimum absolute atomic E-state index is 0.142. The van der Waals surface area contributed by atoms with Crippen molar-refractivity contribution in [2.45, 2.75) is 84.2 Å². The second kappa shape index (κ2) is 9.05. The van der Waals surface area contributed by atoms with Crippen molar-refractivity contribution < 1.29 is 18.7 Å². The number of aromatic nitrogens is 2. The van der Waals surface area contributed by atoms with Gasteiger partial charge in [-0.15, -0.1) is 0 Å². The maximum atomic E-state index is 6.19. The molecule has 1 unspecified atom stereocenters. The molecule has 0 radical (unpaired) electrons. The molecule has 0 spiro atoms. The van der Waals surface area contributed by atoms with Crippen LogP contribution >= 0.6 is 0 Å². The summed E-state index contributed by atoms with van der Waals surface area (Å²) in [5.41, 5.74) is 3.40. The fourth-order valence-corrected chi connectivity index (χ4v) is 3.94. The van der Waals surface area contributed by atoms with Crippen molar-refractivity contribution in [2.75, 3.05) is 6.61 Å². The van der Waals surface area contributed by atoms with Crippen molar-refractivity contribution in [3.8, 4) is 17.2 Å². The maximum Gasteiger partial charge on any atom is 0.190 e. The monoisotopic (exact) mass is 386 g/mol. The molecule has 1 atom stereocenters. The molecule has 1 saturated heterocycles. The fourth-order valence-electron chi connectivity index (χ4n) is 3.94. The Morgan fingerprint density at radius 2 is 1.82 bits per heavy atom. The quantitative estimate of drug-likeness (QED) is 0.687. The van der Waals surface area contributed by atoms with Crippen LogP contribution in [0.25, 0.3) is 11.5 Å². The normalized spacial score (nSPS) is 21.0. The predicted molar refractivity (Wildman–Crippen MR) is 105 cm³/mol. The van der Waals surface area contributed by atoms with Crippen LogP contribution in [0.2, 0.25) is 0 Å². The lowest BCUT2D eigenvalue weighted by atomic mass is 9.98. The molecule has 0 amide bonds. The number of ether oxygens (including phenoxy) is 3. The Hall–Kier alpha value is -1.92. The molecule has 2 aromatic heterocycles. The lowest BCUT2D eigenvalue weighted by molar-refractivity contribution is -0.168. The van der Waals surface area contributed by atoms with Gasteiger partial charge < -0.3 is 18.7 Å². The third kappa shape index (κ3) is 4.55. The first kappa shape index (κ1) is 19.4. The van der Waals surface area contributed by atoms with Crippen molar-refractivity contribution in [3.63, 3.8) is 0 Å². The molecule has 1 aliphatic heterocycles. The molecule has 6 heteroatoms. The summed E-state index contributed by atoms with van der Waals surface area (Å²) in [4.78, 5) is 4.73. The molecule has 152 valence electrons. The van der Waals surface area contributed by atoms with Gasteiger partial charge in [0.25, 0.3) is 0 Å². The molecule has 4 rings (SSSR count). The number of pyridine rings is 1. The highest BCUT2D eigenvalue weighted by Crippen LogP contribution is 2.30. The van der Waals surface area contributed by atoms with Crippen LogP contribution < -0.4 is 4.74 Å². The van der Waals surface area contributed by atoms with Crippen LogP contribution in [0.4, 0.5) is 0 Å². The Bertz CT molecular complexity index is 777. The summed E-state index contributed by atoms with van der Waals surface area (Å²) in [6, 6.07) is 3.95. The van der Waals surface area contributed by atoms with Gasteiger partial charge in [-0.3, -0.25) is 0 Å². The zero-order valence-electron chi connectivity index (χ0n) is 16.9. The first-order valence-electron chi connectivity index (χ1n) is 10.5. The molecule has 28 heavy (non-hydrogen) atoms. The van der Waals surface area contributed by atoms with E-state index in [1.54, 1.807) is 0 Å². The molecule has 2 aromatic rings. The number of nitrogens with zero attached hydrogens (tertiary/aromatic N) is 2. The van der Waals surface area contributed by atoms with Gasteiger partial charge in [-0.2, -0.15) is 0 Å². The second-order valence-electron chi connectivity index (χ2n) is 7.84. The third-order valence-electron chi connectivity index (χ3n) is 5.65. The topological polar surface area (TPSA) is 66.6 Å². The Kier molecular flexibility index (Phi) is 6.27. The summed E-state index contributed by atoms with van der Waals surface area (Å²) in [5, 5.41) is 4.14. The standard InChI is InChI=1S/C22H30N2O4/c1-15-18(14-26-21-10-6-7-13-25-21)22(28-24-15)19-11-12-20(16(2)23-19)27-17-8-4-3-5-9-17/h11-12,17,21H,3-10,13-14H2,1-2H3. The smallest absolute Gasteiger partial charge is 0.190 e. The van der Waals surface area contributed by atoms with Crippen LogP contribution in [0.1, 0.15) is 68.3 Å². The lowest BCUT2D eigenvalue weighted by Crippen LogP contribution is -2.22. The molecule has 2 aliphatic rings. The van der Waals surface area contributed by atoms with E-state index in [1.165, 1.54) is 19.3 Å². The SMILES string of the molecule is Cc1nc(-c2onc(C)c2COC2CCCCO2)ccc1OC1CCCCC1. The summed E-state index contributed by atoms with van der Waals surface area (Å²) >= 11 is 0. The van der Waals surface area contributed by atoms with E-state index in [4.69, 9.17) is 23.7 Å². The number of hydrogen-bond donors (Lipinski definition) is 0. The van der Waals surface area contributed by atoms with E-state index in [0.29, 0.717) is 18.5 Å². The van der Waals surface area contributed by atoms with Gasteiger partial charge in [-0.1, -0.05) is 11.6 Å². The molecule has 1 aliphatic carbocycles. The average Bonchev–Trinajstić information content (AvgIpc) is 3.10. The fraction of sp³-hybridized carbons (Fsp3) is 0.636. The summed E-state index contributed by atoms with van der Waals surface area (Å²) in [6.07, 6.45) is 9.44. The van der Waals surface area contributed by atoms with Gasteiger partial charge in [0.15, 0.2) is 12.1 Å². The summed E-state index contributed by atoms with van der Waals surface area (Å²) < 4.78 is 23.4. The van der Waals surface area contributed by atoms with Crippen LogP contribution in [-0.4, -0.2) is 29.1 Å². The lowest BCUT2D eigenvalue weighted by Gasteiger charge is -2.23. The van der Waals surface area contributed by atoms with Gasteiger partial charge >= 0.3 is 0 Å². The van der Waals surface area contributed by atoms with E-state index in [0.717, 1.165) is 67.1 Å². The highest BCUT2D eigenvalue weighted by molar-refractivity contribution is 5.58. The van der Waals surface area contributed by atoms with Gasteiger partial charge in [-0.25, -0.2) is 4.98 Å². The zero-order chi connectivity index (χ0) is 19.3. The first-order valence-corrected chi connectivity index (χ1v) is 10.5. The average molecular weight is 386 g/mol. The molecule has 1 saturated carbocycles. The first-order chi connectivity index (χ1) is 13.7. The molecule has 2 fully saturated rings. The maximum absolute atomic E-state index is 6.19. The molecular formula is C22H30N2O4. The van der Waals surface area contributed by atoms with E-state index in [-0.39, 0.29) is 6.29 Å². The van der Waals surface area contributed by atoms with Crippen LogP contribution in [-0.2, 0) is 16.1 Å². The molecule has 0 aromatic carbocycles. The second-order valence-corrected chi connectivity index (χ2v) is 7.84. The number of hydrogen-bond acceptors (Lipinski definition) is 6. The van der Waals surface area contributed by atoms with Gasteiger partial charge in [-0.05, 0) is 70.9 Å². The van der Waals surface area contributed by atoms with Crippen LogP contribution in [0.15, 0.2) is 16.7 Å².